The Morgan fingerprint density at radius 3 is 2.70 bits per heavy atom. The van der Waals surface area contributed by atoms with Crippen molar-refractivity contribution in [3.05, 3.63) is 41.2 Å². The highest BCUT2D eigenvalue weighted by Gasteiger charge is 2.20. The van der Waals surface area contributed by atoms with Gasteiger partial charge in [-0.2, -0.15) is 0 Å². The van der Waals surface area contributed by atoms with E-state index < -0.39 is 11.9 Å². The molecule has 7 nitrogen and oxygen atoms in total. The summed E-state index contributed by atoms with van der Waals surface area (Å²) in [7, 11) is 0. The van der Waals surface area contributed by atoms with Crippen LogP contribution in [0.4, 0.5) is 0 Å². The molecule has 0 atom stereocenters. The second-order valence-electron chi connectivity index (χ2n) is 5.36. The molecule has 0 aliphatic heterocycles. The van der Waals surface area contributed by atoms with Crippen LogP contribution in [0.1, 0.15) is 53.7 Å². The lowest BCUT2D eigenvalue weighted by Gasteiger charge is -2.10. The molecule has 0 amide bonds. The summed E-state index contributed by atoms with van der Waals surface area (Å²) in [5.74, 6) is -1.55. The average Bonchev–Trinajstić information content (AvgIpc) is 2.91. The van der Waals surface area contributed by atoms with E-state index in [1.54, 1.807) is 38.1 Å². The standard InChI is InChI=1S/C16H19N3O4/c1-4-6-13-14(15(20)21)17-18-19(13)12-8-5-7-11(9-12)16(22)23-10(2)3/h5,7-10H,4,6H2,1-3H3,(H,20,21). The summed E-state index contributed by atoms with van der Waals surface area (Å²) in [5.41, 5.74) is 1.40. The third-order valence-corrected chi connectivity index (χ3v) is 3.12. The first kappa shape index (κ1) is 16.7. The lowest BCUT2D eigenvalue weighted by atomic mass is 10.1. The summed E-state index contributed by atoms with van der Waals surface area (Å²) in [6.07, 6.45) is 1.06. The predicted molar refractivity (Wildman–Crippen MR) is 82.9 cm³/mol. The van der Waals surface area contributed by atoms with Crippen molar-refractivity contribution in [2.75, 3.05) is 0 Å². The van der Waals surface area contributed by atoms with Crippen molar-refractivity contribution in [1.82, 2.24) is 15.0 Å². The van der Waals surface area contributed by atoms with Crippen molar-refractivity contribution in [2.24, 2.45) is 0 Å². The van der Waals surface area contributed by atoms with Gasteiger partial charge in [0.15, 0.2) is 5.69 Å². The van der Waals surface area contributed by atoms with E-state index in [1.807, 2.05) is 6.92 Å². The molecule has 0 bridgehead atoms. The van der Waals surface area contributed by atoms with E-state index in [9.17, 15) is 14.7 Å². The summed E-state index contributed by atoms with van der Waals surface area (Å²) in [6.45, 7) is 5.49. The zero-order valence-electron chi connectivity index (χ0n) is 13.3. The third-order valence-electron chi connectivity index (χ3n) is 3.12. The van der Waals surface area contributed by atoms with Crippen LogP contribution < -0.4 is 0 Å². The summed E-state index contributed by atoms with van der Waals surface area (Å²) >= 11 is 0. The van der Waals surface area contributed by atoms with Crippen LogP contribution in [0.25, 0.3) is 5.69 Å². The number of carboxylic acid groups (broad SMARTS) is 1. The number of rotatable bonds is 6. The zero-order chi connectivity index (χ0) is 17.0. The molecule has 23 heavy (non-hydrogen) atoms. The van der Waals surface area contributed by atoms with Crippen molar-refractivity contribution in [2.45, 2.75) is 39.7 Å². The van der Waals surface area contributed by atoms with Gasteiger partial charge in [0, 0.05) is 0 Å². The fourth-order valence-electron chi connectivity index (χ4n) is 2.18. The third kappa shape index (κ3) is 3.74. The van der Waals surface area contributed by atoms with Crippen LogP contribution in [0.15, 0.2) is 24.3 Å². The first-order valence-electron chi connectivity index (χ1n) is 7.43. The topological polar surface area (TPSA) is 94.3 Å². The summed E-state index contributed by atoms with van der Waals surface area (Å²) in [6, 6.07) is 6.70. The van der Waals surface area contributed by atoms with E-state index in [0.717, 1.165) is 6.42 Å². The Kier molecular flexibility index (Phi) is 5.10. The second-order valence-corrected chi connectivity index (χ2v) is 5.36. The van der Waals surface area contributed by atoms with Crippen LogP contribution >= 0.6 is 0 Å². The molecule has 2 aromatic rings. The number of aromatic carboxylic acids is 1. The van der Waals surface area contributed by atoms with Crippen molar-refractivity contribution in [3.8, 4) is 5.69 Å². The van der Waals surface area contributed by atoms with E-state index in [-0.39, 0.29) is 11.8 Å². The SMILES string of the molecule is CCCc1c(C(=O)O)nnn1-c1cccc(C(=O)OC(C)C)c1. The van der Waals surface area contributed by atoms with Gasteiger partial charge in [0.25, 0.3) is 0 Å². The molecule has 0 saturated heterocycles. The number of esters is 1. The number of benzene rings is 1. The normalized spacial score (nSPS) is 10.8. The monoisotopic (exact) mass is 317 g/mol. The van der Waals surface area contributed by atoms with Crippen LogP contribution in [-0.4, -0.2) is 38.1 Å². The minimum Gasteiger partial charge on any atom is -0.476 e. The average molecular weight is 317 g/mol. The number of ether oxygens (including phenoxy) is 1. The molecule has 1 heterocycles. The Morgan fingerprint density at radius 1 is 1.35 bits per heavy atom. The summed E-state index contributed by atoms with van der Waals surface area (Å²) in [5, 5.41) is 16.9. The molecule has 0 radical (unpaired) electrons. The fourth-order valence-corrected chi connectivity index (χ4v) is 2.18. The van der Waals surface area contributed by atoms with Gasteiger partial charge in [-0.1, -0.05) is 24.6 Å². The second kappa shape index (κ2) is 7.04. The maximum Gasteiger partial charge on any atom is 0.358 e. The Labute approximate surface area is 133 Å². The lowest BCUT2D eigenvalue weighted by molar-refractivity contribution is 0.0377. The van der Waals surface area contributed by atoms with Gasteiger partial charge in [-0.15, -0.1) is 5.10 Å². The van der Waals surface area contributed by atoms with E-state index in [2.05, 4.69) is 10.3 Å². The number of carbonyl (C=O) groups is 2. The van der Waals surface area contributed by atoms with Gasteiger partial charge >= 0.3 is 11.9 Å². The molecule has 0 spiro atoms. The molecule has 0 aliphatic carbocycles. The van der Waals surface area contributed by atoms with E-state index in [4.69, 9.17) is 4.74 Å². The summed E-state index contributed by atoms with van der Waals surface area (Å²) < 4.78 is 6.63. The molecule has 1 N–H and O–H groups in total. The van der Waals surface area contributed by atoms with Crippen LogP contribution in [0.5, 0.6) is 0 Å². The fraction of sp³-hybridized carbons (Fsp3) is 0.375. The minimum absolute atomic E-state index is 0.0676. The molecule has 0 aliphatic rings. The molecule has 0 fully saturated rings. The van der Waals surface area contributed by atoms with Crippen LogP contribution in [0.3, 0.4) is 0 Å². The van der Waals surface area contributed by atoms with Gasteiger partial charge in [0.05, 0.1) is 23.0 Å². The van der Waals surface area contributed by atoms with Crippen molar-refractivity contribution < 1.29 is 19.4 Å². The van der Waals surface area contributed by atoms with Gasteiger partial charge < -0.3 is 9.84 Å². The molecule has 1 aromatic heterocycles. The molecule has 1 aromatic carbocycles. The Balaban J connectivity index is 2.43. The Hall–Kier alpha value is -2.70. The first-order valence-corrected chi connectivity index (χ1v) is 7.43. The minimum atomic E-state index is -1.12. The number of hydrogen-bond donors (Lipinski definition) is 1. The van der Waals surface area contributed by atoms with Crippen molar-refractivity contribution in [1.29, 1.82) is 0 Å². The van der Waals surface area contributed by atoms with Gasteiger partial charge in [-0.25, -0.2) is 14.3 Å². The molecule has 7 heteroatoms. The summed E-state index contributed by atoms with van der Waals surface area (Å²) in [4.78, 5) is 23.2. The zero-order valence-corrected chi connectivity index (χ0v) is 13.3. The van der Waals surface area contributed by atoms with Crippen molar-refractivity contribution >= 4 is 11.9 Å². The quantitative estimate of drug-likeness (QED) is 0.823. The first-order chi connectivity index (χ1) is 10.9. The van der Waals surface area contributed by atoms with Crippen LogP contribution in [0, 0.1) is 0 Å². The van der Waals surface area contributed by atoms with Crippen LogP contribution in [-0.2, 0) is 11.2 Å². The maximum atomic E-state index is 12.0. The largest absolute Gasteiger partial charge is 0.476 e. The molecule has 122 valence electrons. The van der Waals surface area contributed by atoms with Crippen molar-refractivity contribution in [3.63, 3.8) is 0 Å². The maximum absolute atomic E-state index is 12.0. The van der Waals surface area contributed by atoms with E-state index >= 15 is 0 Å². The predicted octanol–water partition coefficient (Wildman–Crippen LogP) is 2.48. The number of aromatic nitrogens is 3. The number of hydrogen-bond acceptors (Lipinski definition) is 5. The van der Waals surface area contributed by atoms with E-state index in [1.165, 1.54) is 4.68 Å². The van der Waals surface area contributed by atoms with Gasteiger partial charge in [-0.3, -0.25) is 0 Å². The van der Waals surface area contributed by atoms with Gasteiger partial charge in [0.2, 0.25) is 0 Å². The molecular weight excluding hydrogens is 298 g/mol. The number of carboxylic acids is 1. The molecule has 0 saturated carbocycles. The molecular formula is C16H19N3O4. The highest BCUT2D eigenvalue weighted by Crippen LogP contribution is 2.17. The lowest BCUT2D eigenvalue weighted by Crippen LogP contribution is -2.12. The smallest absolute Gasteiger partial charge is 0.358 e. The molecule has 0 unspecified atom stereocenters. The van der Waals surface area contributed by atoms with Gasteiger partial charge in [-0.05, 0) is 38.5 Å². The van der Waals surface area contributed by atoms with Crippen LogP contribution in [0.2, 0.25) is 0 Å². The Bertz CT molecular complexity index is 722. The van der Waals surface area contributed by atoms with Gasteiger partial charge in [0.1, 0.15) is 0 Å². The highest BCUT2D eigenvalue weighted by atomic mass is 16.5. The Morgan fingerprint density at radius 2 is 2.09 bits per heavy atom. The highest BCUT2D eigenvalue weighted by molar-refractivity contribution is 5.90. The van der Waals surface area contributed by atoms with E-state index in [0.29, 0.717) is 23.4 Å². The number of nitrogens with zero attached hydrogens (tertiary/aromatic N) is 3. The molecule has 2 rings (SSSR count). The number of carbonyl (C=O) groups excluding carboxylic acids is 1.